The Kier molecular flexibility index (Phi) is 5.14. The summed E-state index contributed by atoms with van der Waals surface area (Å²) in [5.41, 5.74) is 0.417. The van der Waals surface area contributed by atoms with Gasteiger partial charge in [-0.25, -0.2) is 14.8 Å². The zero-order valence-corrected chi connectivity index (χ0v) is 15.9. The van der Waals surface area contributed by atoms with E-state index < -0.39 is 5.60 Å². The van der Waals surface area contributed by atoms with Crippen LogP contribution < -0.4 is 4.90 Å². The van der Waals surface area contributed by atoms with Crippen molar-refractivity contribution in [3.8, 4) is 0 Å². The highest BCUT2D eigenvalue weighted by Gasteiger charge is 2.35. The first-order chi connectivity index (χ1) is 10.2. The van der Waals surface area contributed by atoms with Gasteiger partial charge in [-0.1, -0.05) is 0 Å². The number of carbonyl (C=O) groups excluding carboxylic acids is 1. The van der Waals surface area contributed by atoms with Gasteiger partial charge in [-0.05, 0) is 56.2 Å². The van der Waals surface area contributed by atoms with Gasteiger partial charge in [0.1, 0.15) is 5.60 Å². The monoisotopic (exact) mass is 418 g/mol. The number of halogens is 1. The van der Waals surface area contributed by atoms with Gasteiger partial charge in [0.2, 0.25) is 5.95 Å². The summed E-state index contributed by atoms with van der Waals surface area (Å²) in [6.07, 6.45) is 3.40. The van der Waals surface area contributed by atoms with Gasteiger partial charge in [0, 0.05) is 26.8 Å². The molecule has 0 spiro atoms. The molecule has 0 aromatic carbocycles. The molecular formula is C15H23IN4O2. The topological polar surface area (TPSA) is 58.6 Å². The van der Waals surface area contributed by atoms with E-state index in [1.807, 2.05) is 46.0 Å². The molecule has 2 rings (SSSR count). The Morgan fingerprint density at radius 1 is 1.45 bits per heavy atom. The van der Waals surface area contributed by atoms with Gasteiger partial charge < -0.3 is 9.64 Å². The number of carbonyl (C=O) groups is 1. The third-order valence-electron chi connectivity index (χ3n) is 3.35. The smallest absolute Gasteiger partial charge is 0.410 e. The molecule has 6 nitrogen and oxygen atoms in total. The molecule has 2 heterocycles. The minimum absolute atomic E-state index is 0.0385. The molecule has 1 aromatic heterocycles. The molecule has 0 N–H and O–H groups in total. The van der Waals surface area contributed by atoms with E-state index in [0.717, 1.165) is 22.1 Å². The molecule has 7 heteroatoms. The lowest BCUT2D eigenvalue weighted by molar-refractivity contribution is 0.0221. The van der Waals surface area contributed by atoms with Crippen molar-refractivity contribution >= 4 is 34.6 Å². The summed E-state index contributed by atoms with van der Waals surface area (Å²) in [6.45, 7) is 6.36. The normalized spacial score (nSPS) is 18.5. The molecule has 1 aliphatic rings. The lowest BCUT2D eigenvalue weighted by Gasteiger charge is -2.29. The molecule has 1 saturated heterocycles. The van der Waals surface area contributed by atoms with Crippen LogP contribution in [0, 0.1) is 3.57 Å². The minimum atomic E-state index is -0.488. The maximum Gasteiger partial charge on any atom is 0.410 e. The maximum atomic E-state index is 12.4. The number of anilines is 1. The third kappa shape index (κ3) is 3.99. The van der Waals surface area contributed by atoms with Gasteiger partial charge in [-0.3, -0.25) is 4.90 Å². The lowest BCUT2D eigenvalue weighted by Crippen LogP contribution is -2.37. The first-order valence-electron chi connectivity index (χ1n) is 7.38. The van der Waals surface area contributed by atoms with Crippen LogP contribution in [0.1, 0.15) is 45.3 Å². The third-order valence-corrected chi connectivity index (χ3v) is 4.19. The molecule has 1 atom stereocenters. The molecule has 0 unspecified atom stereocenters. The molecule has 1 fully saturated rings. The predicted molar refractivity (Wildman–Crippen MR) is 94.0 cm³/mol. The average Bonchev–Trinajstić information content (AvgIpc) is 2.86. The summed E-state index contributed by atoms with van der Waals surface area (Å²) in [7, 11) is 3.82. The van der Waals surface area contributed by atoms with Crippen LogP contribution in [-0.4, -0.2) is 47.2 Å². The molecule has 22 heavy (non-hydrogen) atoms. The fourth-order valence-electron chi connectivity index (χ4n) is 2.41. The van der Waals surface area contributed by atoms with Crippen molar-refractivity contribution in [3.63, 3.8) is 0 Å². The van der Waals surface area contributed by atoms with E-state index in [-0.39, 0.29) is 12.1 Å². The van der Waals surface area contributed by atoms with Gasteiger partial charge in [0.25, 0.3) is 0 Å². The Balaban J connectivity index is 2.27. The Hall–Kier alpha value is -1.12. The van der Waals surface area contributed by atoms with Crippen LogP contribution in [-0.2, 0) is 4.74 Å². The second kappa shape index (κ2) is 6.55. The highest BCUT2D eigenvalue weighted by molar-refractivity contribution is 14.1. The minimum Gasteiger partial charge on any atom is -0.444 e. The predicted octanol–water partition coefficient (Wildman–Crippen LogP) is 3.22. The fourth-order valence-corrected chi connectivity index (χ4v) is 3.03. The summed E-state index contributed by atoms with van der Waals surface area (Å²) in [5.74, 6) is 0.659. The van der Waals surface area contributed by atoms with Crippen molar-refractivity contribution in [1.82, 2.24) is 14.9 Å². The molecule has 1 amide bonds. The summed E-state index contributed by atoms with van der Waals surface area (Å²) in [4.78, 5) is 25.0. The van der Waals surface area contributed by atoms with Gasteiger partial charge in [-0.2, -0.15) is 0 Å². The summed E-state index contributed by atoms with van der Waals surface area (Å²) in [5, 5.41) is 0. The zero-order chi connectivity index (χ0) is 16.5. The van der Waals surface area contributed by atoms with E-state index in [0.29, 0.717) is 12.5 Å². The van der Waals surface area contributed by atoms with Crippen LogP contribution in [0.15, 0.2) is 6.20 Å². The highest BCUT2D eigenvalue weighted by Crippen LogP contribution is 2.34. The summed E-state index contributed by atoms with van der Waals surface area (Å²) < 4.78 is 6.50. The Morgan fingerprint density at radius 2 is 2.14 bits per heavy atom. The van der Waals surface area contributed by atoms with Crippen LogP contribution >= 0.6 is 22.6 Å². The number of hydrogen-bond acceptors (Lipinski definition) is 5. The van der Waals surface area contributed by atoms with Gasteiger partial charge in [0.05, 0.1) is 15.3 Å². The molecule has 0 radical (unpaired) electrons. The van der Waals surface area contributed by atoms with Crippen molar-refractivity contribution in [2.24, 2.45) is 0 Å². The quantitative estimate of drug-likeness (QED) is 0.691. The fraction of sp³-hybridized carbons (Fsp3) is 0.667. The number of nitrogens with zero attached hydrogens (tertiary/aromatic N) is 4. The number of likely N-dealkylation sites (tertiary alicyclic amines) is 1. The molecule has 0 saturated carbocycles. The van der Waals surface area contributed by atoms with Gasteiger partial charge >= 0.3 is 6.09 Å². The second-order valence-corrected chi connectivity index (χ2v) is 7.79. The van der Waals surface area contributed by atoms with E-state index >= 15 is 0 Å². The van der Waals surface area contributed by atoms with E-state index in [1.54, 1.807) is 4.90 Å². The zero-order valence-electron chi connectivity index (χ0n) is 13.8. The van der Waals surface area contributed by atoms with E-state index in [1.165, 1.54) is 0 Å². The van der Waals surface area contributed by atoms with E-state index in [4.69, 9.17) is 4.74 Å². The first kappa shape index (κ1) is 17.2. The molecule has 122 valence electrons. The maximum absolute atomic E-state index is 12.4. The van der Waals surface area contributed by atoms with Crippen molar-refractivity contribution in [3.05, 3.63) is 15.5 Å². The number of ether oxygens (including phenoxy) is 1. The van der Waals surface area contributed by atoms with Gasteiger partial charge in [0.15, 0.2) is 0 Å². The largest absolute Gasteiger partial charge is 0.444 e. The number of aromatic nitrogens is 2. The van der Waals surface area contributed by atoms with Crippen molar-refractivity contribution in [2.75, 3.05) is 25.5 Å². The highest BCUT2D eigenvalue weighted by atomic mass is 127. The molecule has 1 aromatic rings. The van der Waals surface area contributed by atoms with Crippen LogP contribution in [0.5, 0.6) is 0 Å². The van der Waals surface area contributed by atoms with Crippen molar-refractivity contribution in [2.45, 2.75) is 45.3 Å². The second-order valence-electron chi connectivity index (χ2n) is 6.63. The van der Waals surface area contributed by atoms with Crippen molar-refractivity contribution < 1.29 is 9.53 Å². The Bertz CT molecular complexity index is 557. The SMILES string of the molecule is CN(C)c1ncc(I)c([C@H]2CCCN2C(=O)OC(C)(C)C)n1. The summed E-state index contributed by atoms with van der Waals surface area (Å²) in [6, 6.07) is -0.0385. The molecule has 0 aliphatic carbocycles. The lowest BCUT2D eigenvalue weighted by atomic mass is 10.1. The van der Waals surface area contributed by atoms with Crippen molar-refractivity contribution in [1.29, 1.82) is 0 Å². The van der Waals surface area contributed by atoms with Crippen LogP contribution in [0.4, 0.5) is 10.7 Å². The molecule has 1 aliphatic heterocycles. The van der Waals surface area contributed by atoms with Crippen LogP contribution in [0.2, 0.25) is 0 Å². The van der Waals surface area contributed by atoms with E-state index in [9.17, 15) is 4.79 Å². The Labute approximate surface area is 145 Å². The number of rotatable bonds is 2. The Morgan fingerprint density at radius 3 is 2.73 bits per heavy atom. The number of hydrogen-bond donors (Lipinski definition) is 0. The first-order valence-corrected chi connectivity index (χ1v) is 8.46. The van der Waals surface area contributed by atoms with Crippen LogP contribution in [0.25, 0.3) is 0 Å². The number of amides is 1. The average molecular weight is 418 g/mol. The standard InChI is InChI=1S/C15H23IN4O2/c1-15(2,3)22-14(21)20-8-6-7-11(20)12-10(16)9-17-13(18-12)19(4)5/h9,11H,6-8H2,1-5H3/t11-/m1/s1. The van der Waals surface area contributed by atoms with Crippen LogP contribution in [0.3, 0.4) is 0 Å². The van der Waals surface area contributed by atoms with Gasteiger partial charge in [-0.15, -0.1) is 0 Å². The van der Waals surface area contributed by atoms with E-state index in [2.05, 4.69) is 32.6 Å². The molecule has 0 bridgehead atoms. The summed E-state index contributed by atoms with van der Waals surface area (Å²) >= 11 is 2.23. The molecular weight excluding hydrogens is 395 g/mol.